The van der Waals surface area contributed by atoms with Crippen molar-refractivity contribution in [3.8, 4) is 11.5 Å². The maximum Gasteiger partial charge on any atom is 0.171 e. The summed E-state index contributed by atoms with van der Waals surface area (Å²) in [7, 11) is 0. The molecule has 0 unspecified atom stereocenters. The van der Waals surface area contributed by atoms with Gasteiger partial charge in [-0.05, 0) is 30.7 Å². The fourth-order valence-corrected chi connectivity index (χ4v) is 2.18. The Balaban J connectivity index is 2.13. The summed E-state index contributed by atoms with van der Waals surface area (Å²) in [5.74, 6) is 1.36. The zero-order valence-corrected chi connectivity index (χ0v) is 9.62. The highest BCUT2D eigenvalue weighted by molar-refractivity contribution is 7.98. The third-order valence-corrected chi connectivity index (χ3v) is 3.34. The van der Waals surface area contributed by atoms with Crippen LogP contribution < -0.4 is 0 Å². The monoisotopic (exact) mass is 236 g/mol. The lowest BCUT2D eigenvalue weighted by Crippen LogP contribution is -1.81. The predicted octanol–water partition coefficient (Wildman–Crippen LogP) is 3.29. The second kappa shape index (κ2) is 4.53. The number of thioether (sulfide) groups is 1. The Labute approximate surface area is 97.7 Å². The molecular weight excluding hydrogens is 224 g/mol. The molecule has 0 saturated heterocycles. The second-order valence-electron chi connectivity index (χ2n) is 3.45. The molecule has 2 N–H and O–H groups in total. The Kier molecular flexibility index (Phi) is 3.10. The molecule has 0 amide bonds. The minimum Gasteiger partial charge on any atom is -0.504 e. The van der Waals surface area contributed by atoms with Gasteiger partial charge in [-0.15, -0.1) is 11.8 Å². The van der Waals surface area contributed by atoms with Gasteiger partial charge in [0, 0.05) is 0 Å². The van der Waals surface area contributed by atoms with Gasteiger partial charge in [0.2, 0.25) is 0 Å². The van der Waals surface area contributed by atoms with Crippen LogP contribution >= 0.6 is 11.8 Å². The molecule has 0 bridgehead atoms. The van der Waals surface area contributed by atoms with Crippen molar-refractivity contribution in [2.75, 3.05) is 0 Å². The van der Waals surface area contributed by atoms with E-state index in [2.05, 4.69) is 0 Å². The minimum absolute atomic E-state index is 0.0514. The summed E-state index contributed by atoms with van der Waals surface area (Å²) in [6, 6.07) is 7.26. The number of aryl methyl sites for hydroxylation is 1. The summed E-state index contributed by atoms with van der Waals surface area (Å²) >= 11 is 1.42. The second-order valence-corrected chi connectivity index (χ2v) is 4.46. The molecule has 3 nitrogen and oxygen atoms in total. The average molecular weight is 236 g/mol. The number of hydrogen-bond acceptors (Lipinski definition) is 4. The average Bonchev–Trinajstić information content (AvgIpc) is 2.78. The molecule has 2 rings (SSSR count). The van der Waals surface area contributed by atoms with Crippen LogP contribution in [0.2, 0.25) is 0 Å². The number of benzene rings is 1. The Morgan fingerprint density at radius 2 is 2.00 bits per heavy atom. The van der Waals surface area contributed by atoms with Gasteiger partial charge in [-0.25, -0.2) is 0 Å². The normalized spacial score (nSPS) is 10.6. The third-order valence-electron chi connectivity index (χ3n) is 2.27. The van der Waals surface area contributed by atoms with Crippen LogP contribution in [0.3, 0.4) is 0 Å². The minimum atomic E-state index is -0.0587. The van der Waals surface area contributed by atoms with E-state index in [1.165, 1.54) is 11.8 Å². The predicted molar refractivity (Wildman–Crippen MR) is 62.8 cm³/mol. The van der Waals surface area contributed by atoms with Crippen molar-refractivity contribution in [1.29, 1.82) is 0 Å². The van der Waals surface area contributed by atoms with E-state index in [-0.39, 0.29) is 11.5 Å². The highest BCUT2D eigenvalue weighted by Crippen LogP contribution is 2.39. The number of rotatable bonds is 3. The van der Waals surface area contributed by atoms with E-state index in [0.717, 1.165) is 5.76 Å². The first kappa shape index (κ1) is 11.0. The van der Waals surface area contributed by atoms with Gasteiger partial charge in [0.1, 0.15) is 5.76 Å². The van der Waals surface area contributed by atoms with Crippen LogP contribution in [-0.4, -0.2) is 10.2 Å². The van der Waals surface area contributed by atoms with Gasteiger partial charge in [-0.3, -0.25) is 0 Å². The molecule has 0 spiro atoms. The molecule has 16 heavy (non-hydrogen) atoms. The van der Waals surface area contributed by atoms with Crippen LogP contribution in [0.1, 0.15) is 11.3 Å². The van der Waals surface area contributed by atoms with Gasteiger partial charge in [-0.2, -0.15) is 0 Å². The largest absolute Gasteiger partial charge is 0.504 e. The molecule has 0 saturated carbocycles. The quantitative estimate of drug-likeness (QED) is 0.634. The van der Waals surface area contributed by atoms with E-state index in [9.17, 15) is 10.2 Å². The molecular formula is C12H12O3S. The lowest BCUT2D eigenvalue weighted by molar-refractivity contribution is 0.392. The lowest BCUT2D eigenvalue weighted by Gasteiger charge is -2.06. The lowest BCUT2D eigenvalue weighted by atomic mass is 10.2. The van der Waals surface area contributed by atoms with Crippen molar-refractivity contribution in [3.05, 3.63) is 41.9 Å². The smallest absolute Gasteiger partial charge is 0.171 e. The first-order valence-corrected chi connectivity index (χ1v) is 5.84. The Bertz CT molecular complexity index is 477. The van der Waals surface area contributed by atoms with Gasteiger partial charge in [0.05, 0.1) is 16.9 Å². The molecule has 0 aliphatic heterocycles. The van der Waals surface area contributed by atoms with Crippen molar-refractivity contribution in [2.24, 2.45) is 0 Å². The Morgan fingerprint density at radius 3 is 2.69 bits per heavy atom. The van der Waals surface area contributed by atoms with Crippen LogP contribution in [0, 0.1) is 6.92 Å². The highest BCUT2D eigenvalue weighted by atomic mass is 32.2. The van der Waals surface area contributed by atoms with Gasteiger partial charge < -0.3 is 14.6 Å². The highest BCUT2D eigenvalue weighted by Gasteiger charge is 2.10. The number of phenols is 2. The SMILES string of the molecule is Cc1ccc(SCc2ccco2)c(O)c1O. The van der Waals surface area contributed by atoms with E-state index in [4.69, 9.17) is 4.42 Å². The number of aromatic hydroxyl groups is 2. The fraction of sp³-hybridized carbons (Fsp3) is 0.167. The molecule has 4 heteroatoms. The maximum absolute atomic E-state index is 9.71. The standard InChI is InChI=1S/C12H12O3S/c1-8-4-5-10(12(14)11(8)13)16-7-9-3-2-6-15-9/h2-6,13-14H,7H2,1H3. The zero-order chi connectivity index (χ0) is 11.5. The summed E-state index contributed by atoms with van der Waals surface area (Å²) in [5.41, 5.74) is 0.667. The van der Waals surface area contributed by atoms with Crippen molar-refractivity contribution in [3.63, 3.8) is 0 Å². The van der Waals surface area contributed by atoms with Crippen LogP contribution in [-0.2, 0) is 5.75 Å². The summed E-state index contributed by atoms with van der Waals surface area (Å²) < 4.78 is 5.18. The summed E-state index contributed by atoms with van der Waals surface area (Å²) in [6.45, 7) is 1.75. The first-order chi connectivity index (χ1) is 7.68. The number of furan rings is 1. The molecule has 1 aromatic heterocycles. The molecule has 0 atom stereocenters. The molecule has 1 heterocycles. The molecule has 0 fully saturated rings. The zero-order valence-electron chi connectivity index (χ0n) is 8.80. The summed E-state index contributed by atoms with van der Waals surface area (Å²) in [6.07, 6.45) is 1.61. The first-order valence-electron chi connectivity index (χ1n) is 4.85. The van der Waals surface area contributed by atoms with Gasteiger partial charge in [0.15, 0.2) is 11.5 Å². The van der Waals surface area contributed by atoms with E-state index in [0.29, 0.717) is 16.2 Å². The molecule has 0 aliphatic carbocycles. The molecule has 84 valence electrons. The molecule has 2 aromatic rings. The Hall–Kier alpha value is -1.55. The number of phenolic OH excluding ortho intramolecular Hbond substituents is 2. The Morgan fingerprint density at radius 1 is 1.19 bits per heavy atom. The maximum atomic E-state index is 9.71. The van der Waals surface area contributed by atoms with E-state index in [1.54, 1.807) is 25.3 Å². The van der Waals surface area contributed by atoms with Gasteiger partial charge >= 0.3 is 0 Å². The van der Waals surface area contributed by atoms with Gasteiger partial charge in [0.25, 0.3) is 0 Å². The molecule has 1 aromatic carbocycles. The third kappa shape index (κ3) is 2.17. The van der Waals surface area contributed by atoms with Crippen LogP contribution in [0.4, 0.5) is 0 Å². The molecule has 0 radical (unpaired) electrons. The van der Waals surface area contributed by atoms with Crippen molar-refractivity contribution in [1.82, 2.24) is 0 Å². The van der Waals surface area contributed by atoms with E-state index >= 15 is 0 Å². The number of hydrogen-bond donors (Lipinski definition) is 2. The van der Waals surface area contributed by atoms with Gasteiger partial charge in [-0.1, -0.05) is 6.07 Å². The van der Waals surface area contributed by atoms with Crippen molar-refractivity contribution < 1.29 is 14.6 Å². The summed E-state index contributed by atoms with van der Waals surface area (Å²) in [5, 5.41) is 19.3. The van der Waals surface area contributed by atoms with Crippen molar-refractivity contribution >= 4 is 11.8 Å². The van der Waals surface area contributed by atoms with Crippen molar-refractivity contribution in [2.45, 2.75) is 17.6 Å². The van der Waals surface area contributed by atoms with E-state index < -0.39 is 0 Å². The molecule has 0 aliphatic rings. The fourth-order valence-electron chi connectivity index (χ4n) is 1.32. The van der Waals surface area contributed by atoms with Crippen LogP contribution in [0.15, 0.2) is 39.8 Å². The van der Waals surface area contributed by atoms with Crippen LogP contribution in [0.25, 0.3) is 0 Å². The van der Waals surface area contributed by atoms with E-state index in [1.807, 2.05) is 12.1 Å². The topological polar surface area (TPSA) is 53.6 Å². The summed E-state index contributed by atoms with van der Waals surface area (Å²) in [4.78, 5) is 0.652. The van der Waals surface area contributed by atoms with Crippen LogP contribution in [0.5, 0.6) is 11.5 Å².